The molecule has 2 aromatic carbocycles. The van der Waals surface area contributed by atoms with Crippen molar-refractivity contribution in [1.82, 2.24) is 14.6 Å². The first-order chi connectivity index (χ1) is 13.1. The summed E-state index contributed by atoms with van der Waals surface area (Å²) >= 11 is 0. The summed E-state index contributed by atoms with van der Waals surface area (Å²) in [5, 5.41) is 12.9. The van der Waals surface area contributed by atoms with Crippen molar-refractivity contribution in [2.75, 3.05) is 5.73 Å². The van der Waals surface area contributed by atoms with E-state index in [1.54, 1.807) is 4.52 Å². The third-order valence-corrected chi connectivity index (χ3v) is 4.62. The first kappa shape index (κ1) is 15.4. The number of ketones is 1. The predicted molar refractivity (Wildman–Crippen MR) is 102 cm³/mol. The SMILES string of the molecule is Cc1nc2c(N=Nc3ccccc3)c(N)nn2c2c1C(=O)c1ccccc1-2. The normalized spacial score (nSPS) is 12.7. The minimum Gasteiger partial charge on any atom is -0.380 e. The lowest BCUT2D eigenvalue weighted by Crippen LogP contribution is -2.04. The summed E-state index contributed by atoms with van der Waals surface area (Å²) in [5.74, 6) is 0.167. The second kappa shape index (κ2) is 5.57. The monoisotopic (exact) mass is 354 g/mol. The molecule has 2 heterocycles. The number of azo groups is 1. The zero-order valence-electron chi connectivity index (χ0n) is 14.4. The molecule has 0 saturated carbocycles. The number of carbonyl (C=O) groups excluding carboxylic acids is 1. The number of rotatable bonds is 2. The van der Waals surface area contributed by atoms with Crippen LogP contribution in [0.4, 0.5) is 17.2 Å². The highest BCUT2D eigenvalue weighted by Crippen LogP contribution is 2.40. The lowest BCUT2D eigenvalue weighted by molar-refractivity contribution is 0.104. The summed E-state index contributed by atoms with van der Waals surface area (Å²) in [4.78, 5) is 17.4. The zero-order chi connectivity index (χ0) is 18.5. The third-order valence-electron chi connectivity index (χ3n) is 4.62. The maximum Gasteiger partial charge on any atom is 0.197 e. The Hall–Kier alpha value is -3.87. The van der Waals surface area contributed by atoms with Crippen molar-refractivity contribution < 1.29 is 4.79 Å². The summed E-state index contributed by atoms with van der Waals surface area (Å²) in [6.07, 6.45) is 0. The molecule has 1 aliphatic carbocycles. The first-order valence-electron chi connectivity index (χ1n) is 8.45. The fourth-order valence-corrected chi connectivity index (χ4v) is 3.41. The van der Waals surface area contributed by atoms with E-state index in [0.29, 0.717) is 39.5 Å². The number of hydrogen-bond donors (Lipinski definition) is 1. The highest BCUT2D eigenvalue weighted by atomic mass is 16.1. The Balaban J connectivity index is 1.77. The number of nitrogen functional groups attached to an aromatic ring is 1. The van der Waals surface area contributed by atoms with Crippen LogP contribution in [-0.4, -0.2) is 20.4 Å². The zero-order valence-corrected chi connectivity index (χ0v) is 14.4. The average Bonchev–Trinajstić information content (AvgIpc) is 3.16. The molecule has 0 radical (unpaired) electrons. The van der Waals surface area contributed by atoms with Crippen LogP contribution in [0.3, 0.4) is 0 Å². The van der Waals surface area contributed by atoms with E-state index in [-0.39, 0.29) is 11.6 Å². The predicted octanol–water partition coefficient (Wildman–Crippen LogP) is 4.25. The number of anilines is 1. The van der Waals surface area contributed by atoms with Crippen LogP contribution in [0, 0.1) is 6.92 Å². The minimum absolute atomic E-state index is 0.0472. The molecule has 2 N–H and O–H groups in total. The molecular weight excluding hydrogens is 340 g/mol. The first-order valence-corrected chi connectivity index (χ1v) is 8.45. The number of aryl methyl sites for hydroxylation is 1. The molecule has 27 heavy (non-hydrogen) atoms. The van der Waals surface area contributed by atoms with E-state index >= 15 is 0 Å². The smallest absolute Gasteiger partial charge is 0.197 e. The number of fused-ring (bicyclic) bond motifs is 5. The molecule has 0 spiro atoms. The molecule has 0 bridgehead atoms. The van der Waals surface area contributed by atoms with Gasteiger partial charge in [-0.3, -0.25) is 4.79 Å². The second-order valence-electron chi connectivity index (χ2n) is 6.30. The Kier molecular flexibility index (Phi) is 3.17. The molecule has 0 amide bonds. The number of nitrogens with zero attached hydrogens (tertiary/aromatic N) is 5. The van der Waals surface area contributed by atoms with Gasteiger partial charge in [0, 0.05) is 11.1 Å². The van der Waals surface area contributed by atoms with Gasteiger partial charge in [0.05, 0.1) is 22.6 Å². The Morgan fingerprint density at radius 3 is 2.44 bits per heavy atom. The van der Waals surface area contributed by atoms with Crippen molar-refractivity contribution in [2.45, 2.75) is 6.92 Å². The van der Waals surface area contributed by atoms with Gasteiger partial charge in [0.25, 0.3) is 0 Å². The fourth-order valence-electron chi connectivity index (χ4n) is 3.41. The summed E-state index contributed by atoms with van der Waals surface area (Å²) in [7, 11) is 0. The van der Waals surface area contributed by atoms with E-state index in [4.69, 9.17) is 5.73 Å². The maximum absolute atomic E-state index is 12.8. The van der Waals surface area contributed by atoms with Gasteiger partial charge in [-0.25, -0.2) is 9.50 Å². The molecule has 0 unspecified atom stereocenters. The van der Waals surface area contributed by atoms with Crippen LogP contribution in [0.25, 0.3) is 16.9 Å². The largest absolute Gasteiger partial charge is 0.380 e. The molecule has 0 aliphatic heterocycles. The molecule has 2 aromatic heterocycles. The van der Waals surface area contributed by atoms with Gasteiger partial charge in [0.15, 0.2) is 22.9 Å². The van der Waals surface area contributed by atoms with E-state index < -0.39 is 0 Å². The van der Waals surface area contributed by atoms with E-state index in [1.807, 2.05) is 61.5 Å². The summed E-state index contributed by atoms with van der Waals surface area (Å²) in [5.41, 5.74) is 11.0. The van der Waals surface area contributed by atoms with Crippen LogP contribution < -0.4 is 5.73 Å². The Morgan fingerprint density at radius 2 is 1.67 bits per heavy atom. The highest BCUT2D eigenvalue weighted by molar-refractivity contribution is 6.21. The molecule has 130 valence electrons. The van der Waals surface area contributed by atoms with Gasteiger partial charge in [-0.05, 0) is 19.1 Å². The molecule has 7 nitrogen and oxygen atoms in total. The standard InChI is InChI=1S/C20H14N6O/c1-11-15-17(13-9-5-6-10-14(13)18(15)27)26-20(22-11)16(19(21)25-26)24-23-12-7-3-2-4-8-12/h2-10H,1H3,(H2,21,25). The Labute approximate surface area is 154 Å². The molecule has 1 aliphatic rings. The number of benzene rings is 2. The van der Waals surface area contributed by atoms with Crippen LogP contribution in [0.15, 0.2) is 64.8 Å². The van der Waals surface area contributed by atoms with Crippen LogP contribution in [0.1, 0.15) is 21.6 Å². The lowest BCUT2D eigenvalue weighted by atomic mass is 10.1. The van der Waals surface area contributed by atoms with Crippen molar-refractivity contribution in [1.29, 1.82) is 0 Å². The molecule has 7 heteroatoms. The summed E-state index contributed by atoms with van der Waals surface area (Å²) in [6, 6.07) is 16.8. The van der Waals surface area contributed by atoms with Gasteiger partial charge in [0.1, 0.15) is 0 Å². The Morgan fingerprint density at radius 1 is 0.963 bits per heavy atom. The quantitative estimate of drug-likeness (QED) is 0.479. The number of hydrogen-bond acceptors (Lipinski definition) is 6. The fraction of sp³-hybridized carbons (Fsp3) is 0.0500. The third kappa shape index (κ3) is 2.18. The molecule has 4 aromatic rings. The minimum atomic E-state index is -0.0472. The molecular formula is C20H14N6O. The lowest BCUT2D eigenvalue weighted by Gasteiger charge is -2.05. The van der Waals surface area contributed by atoms with Gasteiger partial charge in [-0.2, -0.15) is 5.11 Å². The van der Waals surface area contributed by atoms with Crippen molar-refractivity contribution >= 4 is 28.6 Å². The maximum atomic E-state index is 12.8. The van der Waals surface area contributed by atoms with Crippen molar-refractivity contribution in [2.24, 2.45) is 10.2 Å². The molecule has 0 atom stereocenters. The second-order valence-corrected chi connectivity index (χ2v) is 6.30. The van der Waals surface area contributed by atoms with E-state index in [0.717, 1.165) is 5.56 Å². The van der Waals surface area contributed by atoms with E-state index in [2.05, 4.69) is 20.3 Å². The van der Waals surface area contributed by atoms with Crippen molar-refractivity contribution in [3.05, 3.63) is 71.4 Å². The molecule has 0 saturated heterocycles. The van der Waals surface area contributed by atoms with Crippen molar-refractivity contribution in [3.8, 4) is 11.3 Å². The summed E-state index contributed by atoms with van der Waals surface area (Å²) < 4.78 is 1.60. The van der Waals surface area contributed by atoms with Gasteiger partial charge in [0.2, 0.25) is 0 Å². The van der Waals surface area contributed by atoms with Crippen LogP contribution in [0.5, 0.6) is 0 Å². The number of aromatic nitrogens is 3. The molecule has 0 fully saturated rings. The van der Waals surface area contributed by atoms with Gasteiger partial charge < -0.3 is 5.73 Å². The number of carbonyl (C=O) groups is 1. The topological polar surface area (TPSA) is 98.0 Å². The van der Waals surface area contributed by atoms with Crippen LogP contribution in [-0.2, 0) is 0 Å². The number of nitrogens with two attached hydrogens (primary N) is 1. The van der Waals surface area contributed by atoms with E-state index in [1.165, 1.54) is 0 Å². The molecule has 5 rings (SSSR count). The average molecular weight is 354 g/mol. The van der Waals surface area contributed by atoms with Crippen LogP contribution >= 0.6 is 0 Å². The van der Waals surface area contributed by atoms with Crippen molar-refractivity contribution in [3.63, 3.8) is 0 Å². The van der Waals surface area contributed by atoms with Crippen LogP contribution in [0.2, 0.25) is 0 Å². The van der Waals surface area contributed by atoms with E-state index in [9.17, 15) is 4.79 Å². The highest BCUT2D eigenvalue weighted by Gasteiger charge is 2.32. The van der Waals surface area contributed by atoms with Gasteiger partial charge in [-0.1, -0.05) is 42.5 Å². The van der Waals surface area contributed by atoms with Gasteiger partial charge in [-0.15, -0.1) is 10.2 Å². The van der Waals surface area contributed by atoms with Gasteiger partial charge >= 0.3 is 0 Å². The summed E-state index contributed by atoms with van der Waals surface area (Å²) in [6.45, 7) is 1.81. The Bertz CT molecular complexity index is 1260.